The van der Waals surface area contributed by atoms with Crippen molar-refractivity contribution in [1.82, 2.24) is 0 Å². The fourth-order valence-electron chi connectivity index (χ4n) is 1.89. The molecule has 0 aliphatic carbocycles. The van der Waals surface area contributed by atoms with E-state index in [1.165, 1.54) is 5.56 Å². The van der Waals surface area contributed by atoms with E-state index in [-0.39, 0.29) is 5.60 Å². The number of ether oxygens (including phenoxy) is 1. The Morgan fingerprint density at radius 1 is 1.31 bits per heavy atom. The molecule has 0 spiro atoms. The van der Waals surface area contributed by atoms with Crippen LogP contribution in [0.2, 0.25) is 0 Å². The van der Waals surface area contributed by atoms with Crippen molar-refractivity contribution in [2.75, 3.05) is 6.61 Å². The van der Waals surface area contributed by atoms with E-state index in [2.05, 4.69) is 44.2 Å². The van der Waals surface area contributed by atoms with E-state index in [1.54, 1.807) is 0 Å². The van der Waals surface area contributed by atoms with E-state index in [0.29, 0.717) is 5.92 Å². The first-order valence-corrected chi connectivity index (χ1v) is 4.92. The first-order valence-electron chi connectivity index (χ1n) is 4.92. The standard InChI is InChI=1S/C12H16O/c1-10(2)8-12(9-13-12)11-6-4-3-5-7-11/h3-7,10H,8-9H2,1-2H3. The molecule has 0 radical (unpaired) electrons. The second-order valence-corrected chi connectivity index (χ2v) is 4.25. The van der Waals surface area contributed by atoms with E-state index in [4.69, 9.17) is 4.74 Å². The molecule has 1 unspecified atom stereocenters. The highest BCUT2D eigenvalue weighted by molar-refractivity contribution is 5.26. The minimum absolute atomic E-state index is 0.0649. The highest BCUT2D eigenvalue weighted by atomic mass is 16.6. The molecule has 0 saturated carbocycles. The minimum atomic E-state index is 0.0649. The van der Waals surface area contributed by atoms with Crippen LogP contribution in [0.25, 0.3) is 0 Å². The van der Waals surface area contributed by atoms with E-state index in [0.717, 1.165) is 13.0 Å². The molecule has 1 aliphatic rings. The van der Waals surface area contributed by atoms with Gasteiger partial charge in [-0.2, -0.15) is 0 Å². The lowest BCUT2D eigenvalue weighted by molar-refractivity contribution is 0.267. The van der Waals surface area contributed by atoms with Gasteiger partial charge < -0.3 is 4.74 Å². The van der Waals surface area contributed by atoms with Crippen LogP contribution in [-0.4, -0.2) is 6.61 Å². The Hall–Kier alpha value is -0.820. The number of rotatable bonds is 3. The molecule has 70 valence electrons. The second-order valence-electron chi connectivity index (χ2n) is 4.25. The summed E-state index contributed by atoms with van der Waals surface area (Å²) < 4.78 is 5.59. The molecule has 1 saturated heterocycles. The Bertz CT molecular complexity index is 272. The SMILES string of the molecule is CC(C)CC1(c2ccccc2)CO1. The Morgan fingerprint density at radius 3 is 2.38 bits per heavy atom. The van der Waals surface area contributed by atoms with Crippen molar-refractivity contribution in [3.8, 4) is 0 Å². The van der Waals surface area contributed by atoms with Crippen LogP contribution in [0.4, 0.5) is 0 Å². The van der Waals surface area contributed by atoms with Crippen LogP contribution < -0.4 is 0 Å². The largest absolute Gasteiger partial charge is 0.364 e. The molecule has 0 bridgehead atoms. The molecule has 0 aromatic heterocycles. The molecule has 13 heavy (non-hydrogen) atoms. The van der Waals surface area contributed by atoms with Gasteiger partial charge in [-0.1, -0.05) is 44.2 Å². The predicted octanol–water partition coefficient (Wildman–Crippen LogP) is 2.96. The molecule has 1 aliphatic heterocycles. The third-order valence-electron chi connectivity index (χ3n) is 2.53. The zero-order valence-electron chi connectivity index (χ0n) is 8.29. The zero-order valence-corrected chi connectivity index (χ0v) is 8.29. The molecule has 1 aromatic carbocycles. The van der Waals surface area contributed by atoms with Gasteiger partial charge in [0.1, 0.15) is 5.60 Å². The maximum absolute atomic E-state index is 5.59. The first kappa shape index (κ1) is 8.76. The predicted molar refractivity (Wildman–Crippen MR) is 53.5 cm³/mol. The average Bonchev–Trinajstić information content (AvgIpc) is 2.86. The molecule has 1 heteroatoms. The van der Waals surface area contributed by atoms with Crippen molar-refractivity contribution in [2.24, 2.45) is 5.92 Å². The van der Waals surface area contributed by atoms with Gasteiger partial charge in [-0.15, -0.1) is 0 Å². The monoisotopic (exact) mass is 176 g/mol. The van der Waals surface area contributed by atoms with Crippen LogP contribution >= 0.6 is 0 Å². The first-order chi connectivity index (χ1) is 6.23. The van der Waals surface area contributed by atoms with Crippen molar-refractivity contribution in [3.05, 3.63) is 35.9 Å². The summed E-state index contributed by atoms with van der Waals surface area (Å²) in [5.74, 6) is 0.697. The number of hydrogen-bond acceptors (Lipinski definition) is 1. The summed E-state index contributed by atoms with van der Waals surface area (Å²) in [7, 11) is 0. The summed E-state index contributed by atoms with van der Waals surface area (Å²) in [6, 6.07) is 10.5. The lowest BCUT2D eigenvalue weighted by atomic mass is 9.91. The molecule has 0 amide bonds. The van der Waals surface area contributed by atoms with Gasteiger partial charge in [0.05, 0.1) is 6.61 Å². The van der Waals surface area contributed by atoms with Gasteiger partial charge in [-0.3, -0.25) is 0 Å². The minimum Gasteiger partial charge on any atom is -0.364 e. The Kier molecular flexibility index (Phi) is 2.12. The highest BCUT2D eigenvalue weighted by Crippen LogP contribution is 2.43. The van der Waals surface area contributed by atoms with Crippen molar-refractivity contribution >= 4 is 0 Å². The topological polar surface area (TPSA) is 12.5 Å². The van der Waals surface area contributed by atoms with Crippen LogP contribution in [0.1, 0.15) is 25.8 Å². The van der Waals surface area contributed by atoms with E-state index in [9.17, 15) is 0 Å². The molecule has 2 rings (SSSR count). The smallest absolute Gasteiger partial charge is 0.117 e. The average molecular weight is 176 g/mol. The summed E-state index contributed by atoms with van der Waals surface area (Å²) in [6.45, 7) is 5.38. The van der Waals surface area contributed by atoms with E-state index < -0.39 is 0 Å². The summed E-state index contributed by atoms with van der Waals surface area (Å²) in [6.07, 6.45) is 1.14. The van der Waals surface area contributed by atoms with Gasteiger partial charge >= 0.3 is 0 Å². The number of epoxide rings is 1. The number of benzene rings is 1. The van der Waals surface area contributed by atoms with Gasteiger partial charge in [0, 0.05) is 0 Å². The van der Waals surface area contributed by atoms with Crippen LogP contribution in [-0.2, 0) is 10.3 Å². The Balaban J connectivity index is 2.16. The van der Waals surface area contributed by atoms with Crippen LogP contribution in [0.5, 0.6) is 0 Å². The zero-order chi connectivity index (χ0) is 9.31. The maximum Gasteiger partial charge on any atom is 0.117 e. The fourth-order valence-corrected chi connectivity index (χ4v) is 1.89. The molecule has 1 heterocycles. The molecule has 1 fully saturated rings. The van der Waals surface area contributed by atoms with Crippen molar-refractivity contribution in [1.29, 1.82) is 0 Å². The summed E-state index contributed by atoms with van der Waals surface area (Å²) in [4.78, 5) is 0. The van der Waals surface area contributed by atoms with Crippen LogP contribution in [0, 0.1) is 5.92 Å². The van der Waals surface area contributed by atoms with Crippen molar-refractivity contribution in [2.45, 2.75) is 25.9 Å². The Labute approximate surface area is 79.7 Å². The molecular weight excluding hydrogens is 160 g/mol. The second kappa shape index (κ2) is 3.15. The van der Waals surface area contributed by atoms with Gasteiger partial charge in [0.2, 0.25) is 0 Å². The fraction of sp³-hybridized carbons (Fsp3) is 0.500. The van der Waals surface area contributed by atoms with Crippen molar-refractivity contribution in [3.63, 3.8) is 0 Å². The molecule has 1 atom stereocenters. The third-order valence-corrected chi connectivity index (χ3v) is 2.53. The van der Waals surface area contributed by atoms with Gasteiger partial charge in [-0.05, 0) is 17.9 Å². The number of hydrogen-bond donors (Lipinski definition) is 0. The highest BCUT2D eigenvalue weighted by Gasteiger charge is 2.46. The lowest BCUT2D eigenvalue weighted by Crippen LogP contribution is -2.11. The van der Waals surface area contributed by atoms with Gasteiger partial charge in [0.25, 0.3) is 0 Å². The third kappa shape index (κ3) is 1.75. The van der Waals surface area contributed by atoms with E-state index >= 15 is 0 Å². The Morgan fingerprint density at radius 2 is 1.92 bits per heavy atom. The van der Waals surface area contributed by atoms with Gasteiger partial charge in [0.15, 0.2) is 0 Å². The van der Waals surface area contributed by atoms with Crippen LogP contribution in [0.3, 0.4) is 0 Å². The molecule has 0 N–H and O–H groups in total. The van der Waals surface area contributed by atoms with E-state index in [1.807, 2.05) is 0 Å². The maximum atomic E-state index is 5.59. The van der Waals surface area contributed by atoms with Crippen molar-refractivity contribution < 1.29 is 4.74 Å². The summed E-state index contributed by atoms with van der Waals surface area (Å²) in [5, 5.41) is 0. The summed E-state index contributed by atoms with van der Waals surface area (Å²) in [5.41, 5.74) is 1.40. The molecule has 1 nitrogen and oxygen atoms in total. The lowest BCUT2D eigenvalue weighted by Gasteiger charge is -2.14. The molecule has 1 aromatic rings. The quantitative estimate of drug-likeness (QED) is 0.645. The van der Waals surface area contributed by atoms with Crippen LogP contribution in [0.15, 0.2) is 30.3 Å². The summed E-state index contributed by atoms with van der Waals surface area (Å²) >= 11 is 0. The molecular formula is C12H16O. The normalized spacial score (nSPS) is 26.4. The van der Waals surface area contributed by atoms with Gasteiger partial charge in [-0.25, -0.2) is 0 Å².